The van der Waals surface area contributed by atoms with Crippen LogP contribution >= 0.6 is 12.4 Å². The maximum Gasteiger partial charge on any atom is 0.298 e. The standard InChI is InChI=1S/C2HF3.ClH.2FH/c3-1-2(4)5;;;/h1H;3*1H. The number of hydrogen-bond acceptors (Lipinski definition) is 0. The van der Waals surface area contributed by atoms with Crippen LogP contribution in [0.25, 0.3) is 0 Å². The van der Waals surface area contributed by atoms with Crippen molar-refractivity contribution in [1.82, 2.24) is 0 Å². The van der Waals surface area contributed by atoms with Gasteiger partial charge in [-0.3, -0.25) is 9.41 Å². The molecule has 0 aromatic heterocycles. The van der Waals surface area contributed by atoms with E-state index in [9.17, 15) is 13.2 Å². The van der Waals surface area contributed by atoms with Crippen LogP contribution in [0.2, 0.25) is 0 Å². The molecule has 0 nitrogen and oxygen atoms in total. The molecule has 0 aliphatic heterocycles. The van der Waals surface area contributed by atoms with E-state index in [0.29, 0.717) is 0 Å². The van der Waals surface area contributed by atoms with Crippen LogP contribution in [0.5, 0.6) is 0 Å². The molecule has 0 aromatic carbocycles. The van der Waals surface area contributed by atoms with Crippen molar-refractivity contribution in [3.05, 3.63) is 12.4 Å². The third kappa shape index (κ3) is 44.1. The number of halogens is 6. The smallest absolute Gasteiger partial charge is 0.269 e. The maximum atomic E-state index is 10.2. The lowest BCUT2D eigenvalue weighted by Crippen LogP contribution is -1.42. The molecule has 0 N–H and O–H groups in total. The molecule has 0 heterocycles. The summed E-state index contributed by atoms with van der Waals surface area (Å²) in [6, 6.07) is 0. The lowest BCUT2D eigenvalue weighted by atomic mass is 11.1. The van der Waals surface area contributed by atoms with Gasteiger partial charge in [0.05, 0.1) is 0 Å². The lowest BCUT2D eigenvalue weighted by molar-refractivity contribution is 0.400. The van der Waals surface area contributed by atoms with Crippen molar-refractivity contribution in [2.75, 3.05) is 0 Å². The zero-order valence-corrected chi connectivity index (χ0v) is 4.25. The quantitative estimate of drug-likeness (QED) is 0.475. The number of hydrogen-bond donors (Lipinski definition) is 0. The van der Waals surface area contributed by atoms with E-state index in [1.54, 1.807) is 0 Å². The van der Waals surface area contributed by atoms with Gasteiger partial charge in [0.1, 0.15) is 0 Å². The Morgan fingerprint density at radius 3 is 1.25 bits per heavy atom. The SMILES string of the molecule is Cl.F.F.FC=C(F)F. The largest absolute Gasteiger partial charge is 0.298 e. The topological polar surface area (TPSA) is 0 Å². The fraction of sp³-hybridized carbons (Fsp3) is 0. The summed E-state index contributed by atoms with van der Waals surface area (Å²) in [4.78, 5) is 0. The van der Waals surface area contributed by atoms with Gasteiger partial charge in [-0.15, -0.1) is 12.4 Å². The van der Waals surface area contributed by atoms with Gasteiger partial charge in [0.25, 0.3) is 6.08 Å². The Balaban J connectivity index is -0.0000000267. The van der Waals surface area contributed by atoms with Gasteiger partial charge in [-0.05, 0) is 0 Å². The second-order valence-corrected chi connectivity index (χ2v) is 0.399. The molecule has 0 amide bonds. The molecular weight excluding hydrogens is 154 g/mol. The minimum atomic E-state index is -2.29. The van der Waals surface area contributed by atoms with Gasteiger partial charge in [-0.2, -0.15) is 8.78 Å². The molecular formula is C2H4ClF5. The highest BCUT2D eigenvalue weighted by atomic mass is 35.5. The molecule has 0 saturated heterocycles. The van der Waals surface area contributed by atoms with Gasteiger partial charge < -0.3 is 0 Å². The van der Waals surface area contributed by atoms with Crippen LogP contribution in [0.1, 0.15) is 0 Å². The summed E-state index contributed by atoms with van der Waals surface area (Å²) in [6.45, 7) is 0. The average Bonchev–Trinajstić information content (AvgIpc) is 1.38. The van der Waals surface area contributed by atoms with E-state index in [-0.39, 0.29) is 21.8 Å². The molecule has 0 fully saturated rings. The first-order valence-electron chi connectivity index (χ1n) is 0.885. The van der Waals surface area contributed by atoms with Crippen LogP contribution in [0.15, 0.2) is 12.4 Å². The highest BCUT2D eigenvalue weighted by molar-refractivity contribution is 5.85. The zero-order valence-electron chi connectivity index (χ0n) is 3.44. The molecule has 0 aliphatic carbocycles. The van der Waals surface area contributed by atoms with Crippen LogP contribution in [0, 0.1) is 0 Å². The van der Waals surface area contributed by atoms with Gasteiger partial charge in [-0.25, -0.2) is 4.39 Å². The van der Waals surface area contributed by atoms with Crippen molar-refractivity contribution < 1.29 is 22.6 Å². The number of rotatable bonds is 0. The molecule has 54 valence electrons. The zero-order chi connectivity index (χ0) is 4.28. The Kier molecular flexibility index (Phi) is 50.3. The van der Waals surface area contributed by atoms with Crippen molar-refractivity contribution in [2.45, 2.75) is 0 Å². The van der Waals surface area contributed by atoms with Crippen molar-refractivity contribution >= 4 is 12.4 Å². The van der Waals surface area contributed by atoms with E-state index < -0.39 is 12.4 Å². The molecule has 0 unspecified atom stereocenters. The molecule has 0 radical (unpaired) electrons. The molecule has 0 spiro atoms. The Labute approximate surface area is 48.5 Å². The monoisotopic (exact) mass is 158 g/mol. The van der Waals surface area contributed by atoms with Gasteiger partial charge >= 0.3 is 0 Å². The summed E-state index contributed by atoms with van der Waals surface area (Å²) < 4.78 is 30.7. The second kappa shape index (κ2) is 15.9. The molecule has 0 rings (SSSR count). The van der Waals surface area contributed by atoms with Crippen molar-refractivity contribution in [3.8, 4) is 0 Å². The van der Waals surface area contributed by atoms with Crippen LogP contribution in [0.3, 0.4) is 0 Å². The highest BCUT2D eigenvalue weighted by Crippen LogP contribution is 1.93. The Morgan fingerprint density at radius 2 is 1.25 bits per heavy atom. The summed E-state index contributed by atoms with van der Waals surface area (Å²) in [5, 5.41) is 0. The van der Waals surface area contributed by atoms with Gasteiger partial charge in [0, 0.05) is 0 Å². The van der Waals surface area contributed by atoms with Crippen molar-refractivity contribution in [3.63, 3.8) is 0 Å². The van der Waals surface area contributed by atoms with E-state index in [1.807, 2.05) is 0 Å². The van der Waals surface area contributed by atoms with Crippen molar-refractivity contribution in [1.29, 1.82) is 0 Å². The highest BCUT2D eigenvalue weighted by Gasteiger charge is 1.78. The normalized spacial score (nSPS) is 4.38. The molecule has 0 saturated carbocycles. The van der Waals surface area contributed by atoms with Gasteiger partial charge in [0.15, 0.2) is 6.33 Å². The Morgan fingerprint density at radius 1 is 1.12 bits per heavy atom. The Bertz CT molecular complexity index is 48.4. The van der Waals surface area contributed by atoms with E-state index in [0.717, 1.165) is 0 Å². The van der Waals surface area contributed by atoms with E-state index >= 15 is 0 Å². The predicted molar refractivity (Wildman–Crippen MR) is 23.7 cm³/mol. The van der Waals surface area contributed by atoms with Crippen LogP contribution in [-0.2, 0) is 0 Å². The summed E-state index contributed by atoms with van der Waals surface area (Å²) in [6.07, 6.45) is -3.04. The predicted octanol–water partition coefficient (Wildman–Crippen LogP) is 2.42. The third-order valence-electron chi connectivity index (χ3n) is 0.0825. The average molecular weight is 158 g/mol. The van der Waals surface area contributed by atoms with E-state index in [1.165, 1.54) is 0 Å². The first-order valence-corrected chi connectivity index (χ1v) is 0.885. The summed E-state index contributed by atoms with van der Waals surface area (Å²) in [5.41, 5.74) is 0. The van der Waals surface area contributed by atoms with E-state index in [2.05, 4.69) is 0 Å². The van der Waals surface area contributed by atoms with E-state index in [4.69, 9.17) is 0 Å². The fourth-order valence-corrected chi connectivity index (χ4v) is 0. The minimum Gasteiger partial charge on any atom is -0.269 e. The van der Waals surface area contributed by atoms with Gasteiger partial charge in [0.2, 0.25) is 0 Å². The fourth-order valence-electron chi connectivity index (χ4n) is 0. The summed E-state index contributed by atoms with van der Waals surface area (Å²) in [7, 11) is 0. The maximum absolute atomic E-state index is 10.2. The van der Waals surface area contributed by atoms with Crippen LogP contribution in [0.4, 0.5) is 22.6 Å². The third-order valence-corrected chi connectivity index (χ3v) is 0.0825. The van der Waals surface area contributed by atoms with Gasteiger partial charge in [-0.1, -0.05) is 0 Å². The Hall–Kier alpha value is -0.320. The molecule has 0 bridgehead atoms. The summed E-state index contributed by atoms with van der Waals surface area (Å²) in [5.74, 6) is 0. The lowest BCUT2D eigenvalue weighted by Gasteiger charge is -1.59. The summed E-state index contributed by atoms with van der Waals surface area (Å²) >= 11 is 0. The van der Waals surface area contributed by atoms with Crippen LogP contribution in [-0.4, -0.2) is 0 Å². The minimum absolute atomic E-state index is 0. The first kappa shape index (κ1) is 25.3. The molecule has 0 aromatic rings. The molecule has 8 heavy (non-hydrogen) atoms. The van der Waals surface area contributed by atoms with Crippen LogP contribution < -0.4 is 0 Å². The first-order chi connectivity index (χ1) is 2.27. The second-order valence-electron chi connectivity index (χ2n) is 0.399. The molecule has 0 aliphatic rings. The van der Waals surface area contributed by atoms with Crippen molar-refractivity contribution in [2.24, 2.45) is 0 Å². The molecule has 6 heteroatoms. The molecule has 0 atom stereocenters.